The molecule has 1 atom stereocenters. The lowest BCUT2D eigenvalue weighted by atomic mass is 9.81. The van der Waals surface area contributed by atoms with Crippen LogP contribution < -0.4 is 66.3 Å². The van der Waals surface area contributed by atoms with Crippen molar-refractivity contribution in [1.82, 2.24) is 0 Å². The second-order valence-electron chi connectivity index (χ2n) is 33.9. The zero-order valence-corrected chi connectivity index (χ0v) is 75.7. The molecule has 0 saturated carbocycles. The van der Waals surface area contributed by atoms with Gasteiger partial charge in [-0.3, -0.25) is 0 Å². The highest BCUT2D eigenvalue weighted by Crippen LogP contribution is 2.63. The molecule has 121 heavy (non-hydrogen) atoms. The SMILES string of the molecule is CC(C)C1(O)c2ccccc2-c2ccccc21.CC(C)Oc1cc2c(cc1OC(C)C)C(O)(C(C)C)c1cc(OC(C)C)c(OC(C)C)cc1-2.COc1cc(OC)c2c(c1)-c1c(ccc(OC)c1OC)C2(O)C(C)C.COc1cc2c(cc1OC)C(O)(C(C)C)c1cc(OC)c(OC)cc1-2.COc1ccc2c(c1)-c1cc(OC)ccc1C2(O)C(C)C. The van der Waals surface area contributed by atoms with Crippen molar-refractivity contribution in [3.05, 3.63) is 213 Å². The van der Waals surface area contributed by atoms with E-state index in [0.29, 0.717) is 69.0 Å². The first-order valence-electron chi connectivity index (χ1n) is 41.7. The Morgan fingerprint density at radius 2 is 0.479 bits per heavy atom. The molecule has 5 aliphatic carbocycles. The number of fused-ring (bicyclic) bond motifs is 15. The number of rotatable bonds is 23. The van der Waals surface area contributed by atoms with Crippen LogP contribution in [0, 0.1) is 29.6 Å². The van der Waals surface area contributed by atoms with Crippen LogP contribution in [0.15, 0.2) is 158 Å². The molecule has 0 bridgehead atoms. The number of hydrogen-bond acceptors (Lipinski definition) is 19. The molecule has 1 unspecified atom stereocenters. The van der Waals surface area contributed by atoms with Crippen molar-refractivity contribution >= 4 is 0 Å². The molecule has 19 heteroatoms. The van der Waals surface area contributed by atoms with Gasteiger partial charge in [0, 0.05) is 45.0 Å². The Bertz CT molecular complexity index is 5160. The summed E-state index contributed by atoms with van der Waals surface area (Å²) in [4.78, 5) is 0. The second-order valence-corrected chi connectivity index (χ2v) is 33.9. The van der Waals surface area contributed by atoms with Gasteiger partial charge in [0.1, 0.15) is 51.0 Å². The summed E-state index contributed by atoms with van der Waals surface area (Å²) < 4.78 is 79.0. The van der Waals surface area contributed by atoms with Gasteiger partial charge in [0.15, 0.2) is 57.5 Å². The van der Waals surface area contributed by atoms with Crippen LogP contribution in [0.25, 0.3) is 55.6 Å². The lowest BCUT2D eigenvalue weighted by Crippen LogP contribution is -2.31. The van der Waals surface area contributed by atoms with Crippen LogP contribution in [0.4, 0.5) is 0 Å². The van der Waals surface area contributed by atoms with Crippen molar-refractivity contribution in [2.24, 2.45) is 29.6 Å². The molecular weight excluding hydrogens is 1530 g/mol. The molecule has 0 aromatic heterocycles. The molecule has 10 aromatic rings. The second kappa shape index (κ2) is 36.1. The average Bonchev–Trinajstić information content (AvgIpc) is 1.59. The summed E-state index contributed by atoms with van der Waals surface area (Å²) in [6, 6.07) is 50.8. The fraction of sp³-hybridized carbons (Fsp3) is 0.412. The number of ether oxygens (including phenoxy) is 14. The van der Waals surface area contributed by atoms with Gasteiger partial charge in [-0.15, -0.1) is 0 Å². The molecule has 0 radical (unpaired) electrons. The van der Waals surface area contributed by atoms with Crippen molar-refractivity contribution in [3.8, 4) is 136 Å². The largest absolute Gasteiger partial charge is 0.497 e. The minimum Gasteiger partial charge on any atom is -0.497 e. The van der Waals surface area contributed by atoms with E-state index in [1.807, 2.05) is 250 Å². The Balaban J connectivity index is 0.000000150. The lowest BCUT2D eigenvalue weighted by molar-refractivity contribution is 0.0339. The van der Waals surface area contributed by atoms with Crippen molar-refractivity contribution in [1.29, 1.82) is 0 Å². The normalized spacial score (nSPS) is 15.3. The van der Waals surface area contributed by atoms with Crippen molar-refractivity contribution in [3.63, 3.8) is 0 Å². The highest BCUT2D eigenvalue weighted by atomic mass is 16.5. The Kier molecular flexibility index (Phi) is 27.1. The van der Waals surface area contributed by atoms with Crippen LogP contribution in [-0.2, 0) is 28.0 Å². The molecule has 5 aliphatic rings. The van der Waals surface area contributed by atoms with Crippen LogP contribution in [0.3, 0.4) is 0 Å². The summed E-state index contributed by atoms with van der Waals surface area (Å²) >= 11 is 0. The average molecular weight is 1650 g/mol. The van der Waals surface area contributed by atoms with Crippen molar-refractivity contribution in [2.45, 2.75) is 177 Å². The zero-order chi connectivity index (χ0) is 88.6. The summed E-state index contributed by atoms with van der Waals surface area (Å²) in [7, 11) is 16.1. The van der Waals surface area contributed by atoms with Gasteiger partial charge in [-0.2, -0.15) is 0 Å². The van der Waals surface area contributed by atoms with E-state index in [1.54, 1.807) is 77.2 Å². The standard InChI is InChI=1S/C28H40O5.2C20H24O5.C18H20O3.C16H16O/c1-15(2)28(29)22-13-26(32-18(7)8)24(30-16(3)4)11-20(22)21-12-25(31-17(5)6)27(14-23(21)28)33-19(9)10;1-11(2)20(21)14-9-18(24-5)16(22-3)7-12(14)13-8-17(23-4)19(25-6)10-15(13)20;1-11(2)20(21)14-7-8-15(23-4)19(25-6)17(14)13-9-12(22-3)10-16(24-5)18(13)20;1-11(2)18(19)16-7-5-12(20-3)9-14(16)15-10-13(21-4)6-8-17(15)18;1-11(2)16(17)14-9-5-3-7-12(14)13-8-4-6-10-15(13)16/h11-19,29H,1-10H3;2*7-11,21H,1-6H3;5-11,19H,1-4H3;3-11,17H,1-2H3. The first-order chi connectivity index (χ1) is 57.4. The van der Waals surface area contributed by atoms with E-state index in [-0.39, 0.29) is 54.0 Å². The molecule has 5 N–H and O–H groups in total. The van der Waals surface area contributed by atoms with Gasteiger partial charge in [-0.25, -0.2) is 0 Å². The fourth-order valence-corrected chi connectivity index (χ4v) is 17.7. The predicted octanol–water partition coefficient (Wildman–Crippen LogP) is 21.0. The fourth-order valence-electron chi connectivity index (χ4n) is 17.7. The molecule has 15 rings (SSSR count). The Hall–Kier alpha value is -10.8. The number of benzene rings is 10. The van der Waals surface area contributed by atoms with Crippen LogP contribution in [0.1, 0.15) is 180 Å². The van der Waals surface area contributed by atoms with Crippen LogP contribution in [-0.4, -0.2) is 121 Å². The van der Waals surface area contributed by atoms with Crippen molar-refractivity contribution < 1.29 is 91.8 Å². The Morgan fingerprint density at radius 1 is 0.207 bits per heavy atom. The third kappa shape index (κ3) is 16.0. The number of methoxy groups -OCH3 is 10. The molecular formula is C102H124O19. The van der Waals surface area contributed by atoms with E-state index >= 15 is 0 Å². The van der Waals surface area contributed by atoms with Gasteiger partial charge in [-0.1, -0.05) is 136 Å². The number of hydrogen-bond donors (Lipinski definition) is 5. The van der Waals surface area contributed by atoms with E-state index in [9.17, 15) is 25.5 Å². The quantitative estimate of drug-likeness (QED) is 0.0401. The molecule has 10 aromatic carbocycles. The van der Waals surface area contributed by atoms with Gasteiger partial charge in [0.25, 0.3) is 0 Å². The van der Waals surface area contributed by atoms with Gasteiger partial charge in [-0.05, 0) is 242 Å². The predicted molar refractivity (Wildman–Crippen MR) is 477 cm³/mol. The molecule has 0 spiro atoms. The molecule has 19 nitrogen and oxygen atoms in total. The van der Waals surface area contributed by atoms with E-state index in [0.717, 1.165) is 112 Å². The monoisotopic (exact) mass is 1650 g/mol. The first-order valence-corrected chi connectivity index (χ1v) is 41.7. The molecule has 0 fully saturated rings. The molecule has 646 valence electrons. The lowest BCUT2D eigenvalue weighted by Gasteiger charge is -2.31. The number of aliphatic hydroxyl groups is 5. The van der Waals surface area contributed by atoms with Gasteiger partial charge in [0.05, 0.1) is 95.5 Å². The first kappa shape index (κ1) is 91.0. The summed E-state index contributed by atoms with van der Waals surface area (Å²) in [5.74, 6) is 9.08. The maximum absolute atomic E-state index is 12.1. The maximum Gasteiger partial charge on any atom is 0.168 e. The van der Waals surface area contributed by atoms with Crippen LogP contribution in [0.2, 0.25) is 0 Å². The summed E-state index contributed by atoms with van der Waals surface area (Å²) in [5.41, 5.74) is 13.0. The van der Waals surface area contributed by atoms with E-state index in [2.05, 4.69) is 26.0 Å². The maximum atomic E-state index is 12.1. The topological polar surface area (TPSA) is 230 Å². The van der Waals surface area contributed by atoms with Crippen LogP contribution in [0.5, 0.6) is 80.5 Å². The molecule has 0 amide bonds. The van der Waals surface area contributed by atoms with Gasteiger partial charge >= 0.3 is 0 Å². The van der Waals surface area contributed by atoms with E-state index in [1.165, 1.54) is 11.1 Å². The summed E-state index contributed by atoms with van der Waals surface area (Å²) in [6.45, 7) is 36.1. The zero-order valence-electron chi connectivity index (χ0n) is 75.7. The highest BCUT2D eigenvalue weighted by molar-refractivity contribution is 5.91. The minimum atomic E-state index is -1.19. The van der Waals surface area contributed by atoms with E-state index < -0.39 is 28.0 Å². The minimum absolute atomic E-state index is 0.0101. The summed E-state index contributed by atoms with van der Waals surface area (Å²) in [5, 5.41) is 57.9. The molecule has 0 heterocycles. The molecule has 0 saturated heterocycles. The van der Waals surface area contributed by atoms with Crippen LogP contribution >= 0.6 is 0 Å². The Morgan fingerprint density at radius 3 is 0.793 bits per heavy atom. The molecule has 0 aliphatic heterocycles. The van der Waals surface area contributed by atoms with Gasteiger partial charge in [0.2, 0.25) is 0 Å². The van der Waals surface area contributed by atoms with Gasteiger partial charge < -0.3 is 91.8 Å². The highest BCUT2D eigenvalue weighted by Gasteiger charge is 2.52. The van der Waals surface area contributed by atoms with Crippen molar-refractivity contribution in [2.75, 3.05) is 71.1 Å². The Labute approximate surface area is 715 Å². The smallest absolute Gasteiger partial charge is 0.168 e. The third-order valence-corrected chi connectivity index (χ3v) is 23.7. The third-order valence-electron chi connectivity index (χ3n) is 23.7. The summed E-state index contributed by atoms with van der Waals surface area (Å²) in [6.07, 6.45) is -0.0655. The van der Waals surface area contributed by atoms with E-state index in [4.69, 9.17) is 66.3 Å².